The lowest BCUT2D eigenvalue weighted by Crippen LogP contribution is -2.05. The van der Waals surface area contributed by atoms with Crippen LogP contribution in [0, 0.1) is 12.3 Å². The van der Waals surface area contributed by atoms with E-state index >= 15 is 0 Å². The third-order valence-electron chi connectivity index (χ3n) is 1.01. The molecule has 0 aromatic carbocycles. The zero-order valence-corrected chi connectivity index (χ0v) is 6.46. The number of terminal acetylenes is 1. The van der Waals surface area contributed by atoms with E-state index < -0.39 is 5.97 Å². The van der Waals surface area contributed by atoms with Crippen LogP contribution in [0.25, 0.3) is 0 Å². The molecule has 0 spiro atoms. The normalized spacial score (nSPS) is 10.4. The summed E-state index contributed by atoms with van der Waals surface area (Å²) < 4.78 is 4.53. The van der Waals surface area contributed by atoms with Gasteiger partial charge in [-0.15, -0.1) is 6.42 Å². The smallest absolute Gasteiger partial charge is 0.333 e. The summed E-state index contributed by atoms with van der Waals surface area (Å²) in [7, 11) is 0. The molecule has 0 unspecified atom stereocenters. The summed E-state index contributed by atoms with van der Waals surface area (Å²) in [5, 5.41) is 0. The zero-order valence-electron chi connectivity index (χ0n) is 6.46. The van der Waals surface area contributed by atoms with Gasteiger partial charge in [0.1, 0.15) is 0 Å². The molecule has 3 heteroatoms. The second-order valence-electron chi connectivity index (χ2n) is 1.88. The first kappa shape index (κ1) is 9.57. The SMILES string of the molecule is C#CCOC(=O)C=C(N)CC. The van der Waals surface area contributed by atoms with Crippen molar-refractivity contribution in [3.8, 4) is 12.3 Å². The molecule has 0 amide bonds. The maximum Gasteiger partial charge on any atom is 0.333 e. The van der Waals surface area contributed by atoms with E-state index in [-0.39, 0.29) is 6.61 Å². The van der Waals surface area contributed by atoms with Crippen LogP contribution >= 0.6 is 0 Å². The van der Waals surface area contributed by atoms with E-state index in [0.29, 0.717) is 12.1 Å². The molecule has 0 bridgehead atoms. The number of carbonyl (C=O) groups excluding carboxylic acids is 1. The first-order valence-electron chi connectivity index (χ1n) is 3.27. The van der Waals surface area contributed by atoms with Crippen LogP contribution in [0.1, 0.15) is 13.3 Å². The molecule has 3 nitrogen and oxygen atoms in total. The minimum absolute atomic E-state index is 0.00761. The minimum atomic E-state index is -0.484. The molecule has 0 aromatic heterocycles. The van der Waals surface area contributed by atoms with Crippen molar-refractivity contribution in [1.82, 2.24) is 0 Å². The fourth-order valence-corrected chi connectivity index (χ4v) is 0.408. The fourth-order valence-electron chi connectivity index (χ4n) is 0.408. The Kier molecular flexibility index (Phi) is 4.67. The van der Waals surface area contributed by atoms with E-state index in [1.54, 1.807) is 0 Å². The van der Waals surface area contributed by atoms with Crippen molar-refractivity contribution in [3.05, 3.63) is 11.8 Å². The van der Waals surface area contributed by atoms with Gasteiger partial charge in [0.25, 0.3) is 0 Å². The number of rotatable bonds is 3. The van der Waals surface area contributed by atoms with E-state index in [1.165, 1.54) is 6.08 Å². The van der Waals surface area contributed by atoms with Gasteiger partial charge in [0.2, 0.25) is 0 Å². The highest BCUT2D eigenvalue weighted by Crippen LogP contribution is 1.91. The topological polar surface area (TPSA) is 52.3 Å². The van der Waals surface area contributed by atoms with Crippen LogP contribution in [-0.2, 0) is 9.53 Å². The summed E-state index contributed by atoms with van der Waals surface area (Å²) >= 11 is 0. The average Bonchev–Trinajstić information content (AvgIpc) is 2.00. The van der Waals surface area contributed by atoms with Gasteiger partial charge in [-0.05, 0) is 6.42 Å². The lowest BCUT2D eigenvalue weighted by molar-refractivity contribution is -0.136. The van der Waals surface area contributed by atoms with Gasteiger partial charge in [-0.2, -0.15) is 0 Å². The van der Waals surface area contributed by atoms with Gasteiger partial charge < -0.3 is 10.5 Å². The molecule has 0 fully saturated rings. The van der Waals surface area contributed by atoms with Gasteiger partial charge in [0.05, 0.1) is 0 Å². The van der Waals surface area contributed by atoms with E-state index in [1.807, 2.05) is 6.92 Å². The first-order chi connectivity index (χ1) is 5.20. The lowest BCUT2D eigenvalue weighted by atomic mass is 10.3. The molecule has 0 aliphatic rings. The van der Waals surface area contributed by atoms with E-state index in [9.17, 15) is 4.79 Å². The number of allylic oxidation sites excluding steroid dienone is 1. The Morgan fingerprint density at radius 2 is 2.45 bits per heavy atom. The molecule has 0 saturated carbocycles. The van der Waals surface area contributed by atoms with Crippen LogP contribution in [0.2, 0.25) is 0 Å². The number of carbonyl (C=O) groups is 1. The average molecular weight is 153 g/mol. The van der Waals surface area contributed by atoms with Crippen LogP contribution in [-0.4, -0.2) is 12.6 Å². The van der Waals surface area contributed by atoms with Crippen molar-refractivity contribution in [3.63, 3.8) is 0 Å². The van der Waals surface area contributed by atoms with Crippen molar-refractivity contribution >= 4 is 5.97 Å². The Bertz CT molecular complexity index is 201. The number of ether oxygens (including phenoxy) is 1. The molecule has 0 aromatic rings. The highest BCUT2D eigenvalue weighted by atomic mass is 16.5. The van der Waals surface area contributed by atoms with Gasteiger partial charge in [-0.3, -0.25) is 0 Å². The van der Waals surface area contributed by atoms with Crippen LogP contribution in [0.5, 0.6) is 0 Å². The zero-order chi connectivity index (χ0) is 8.69. The quantitative estimate of drug-likeness (QED) is 0.363. The summed E-state index contributed by atoms with van der Waals surface area (Å²) in [6.45, 7) is 1.84. The molecule has 0 rings (SSSR count). The van der Waals surface area contributed by atoms with Crippen molar-refractivity contribution in [2.24, 2.45) is 5.73 Å². The fraction of sp³-hybridized carbons (Fsp3) is 0.375. The standard InChI is InChI=1S/C8H11NO2/c1-3-5-11-8(10)6-7(9)4-2/h1,6H,4-5,9H2,2H3. The van der Waals surface area contributed by atoms with Gasteiger partial charge in [0.15, 0.2) is 6.61 Å². The molecule has 11 heavy (non-hydrogen) atoms. The minimum Gasteiger partial charge on any atom is -0.449 e. The third-order valence-corrected chi connectivity index (χ3v) is 1.01. The van der Waals surface area contributed by atoms with E-state index in [4.69, 9.17) is 12.2 Å². The second-order valence-corrected chi connectivity index (χ2v) is 1.88. The summed E-state index contributed by atoms with van der Waals surface area (Å²) in [5.74, 6) is 1.69. The van der Waals surface area contributed by atoms with Crippen molar-refractivity contribution in [2.45, 2.75) is 13.3 Å². The van der Waals surface area contributed by atoms with Crippen LogP contribution in [0.15, 0.2) is 11.8 Å². The Hall–Kier alpha value is -1.43. The molecule has 2 N–H and O–H groups in total. The molecule has 0 aliphatic heterocycles. The van der Waals surface area contributed by atoms with Crippen molar-refractivity contribution in [1.29, 1.82) is 0 Å². The monoisotopic (exact) mass is 153 g/mol. The molecule has 0 heterocycles. The second kappa shape index (κ2) is 5.36. The Morgan fingerprint density at radius 3 is 2.91 bits per heavy atom. The van der Waals surface area contributed by atoms with E-state index in [2.05, 4.69) is 10.7 Å². The summed E-state index contributed by atoms with van der Waals surface area (Å²) in [4.78, 5) is 10.7. The predicted molar refractivity (Wildman–Crippen MR) is 42.4 cm³/mol. The summed E-state index contributed by atoms with van der Waals surface area (Å²) in [5.41, 5.74) is 5.85. The van der Waals surface area contributed by atoms with Crippen LogP contribution in [0.3, 0.4) is 0 Å². The van der Waals surface area contributed by atoms with E-state index in [0.717, 1.165) is 0 Å². The molecule has 0 saturated heterocycles. The van der Waals surface area contributed by atoms with Gasteiger partial charge in [0, 0.05) is 11.8 Å². The highest BCUT2D eigenvalue weighted by Gasteiger charge is 1.96. The molecular weight excluding hydrogens is 142 g/mol. The number of hydrogen-bond acceptors (Lipinski definition) is 3. The third kappa shape index (κ3) is 5.04. The van der Waals surface area contributed by atoms with Crippen LogP contribution in [0.4, 0.5) is 0 Å². The lowest BCUT2D eigenvalue weighted by Gasteiger charge is -1.96. The summed E-state index contributed by atoms with van der Waals surface area (Å²) in [6.07, 6.45) is 6.72. The maximum absolute atomic E-state index is 10.7. The number of esters is 1. The van der Waals surface area contributed by atoms with Gasteiger partial charge >= 0.3 is 5.97 Å². The van der Waals surface area contributed by atoms with Crippen LogP contribution < -0.4 is 5.73 Å². The largest absolute Gasteiger partial charge is 0.449 e. The van der Waals surface area contributed by atoms with Gasteiger partial charge in [-0.1, -0.05) is 12.8 Å². The number of nitrogens with two attached hydrogens (primary N) is 1. The maximum atomic E-state index is 10.7. The number of hydrogen-bond donors (Lipinski definition) is 1. The Morgan fingerprint density at radius 1 is 1.82 bits per heavy atom. The van der Waals surface area contributed by atoms with Crippen molar-refractivity contribution < 1.29 is 9.53 Å². The van der Waals surface area contributed by atoms with Gasteiger partial charge in [-0.25, -0.2) is 4.79 Å². The van der Waals surface area contributed by atoms with Crippen molar-refractivity contribution in [2.75, 3.05) is 6.61 Å². The Balaban J connectivity index is 3.79. The first-order valence-corrected chi connectivity index (χ1v) is 3.27. The predicted octanol–water partition coefficient (Wildman–Crippen LogP) is 0.415. The molecular formula is C8H11NO2. The molecule has 0 atom stereocenters. The molecule has 0 radical (unpaired) electrons. The highest BCUT2D eigenvalue weighted by molar-refractivity contribution is 5.82. The Labute approximate surface area is 66.2 Å². The summed E-state index contributed by atoms with van der Waals surface area (Å²) in [6, 6.07) is 0. The molecule has 60 valence electrons. The molecule has 0 aliphatic carbocycles.